The first-order valence-electron chi connectivity index (χ1n) is 11.2. The number of amides is 2. The van der Waals surface area contributed by atoms with Gasteiger partial charge in [0.2, 0.25) is 11.8 Å². The molecule has 2 aromatic carbocycles. The number of aromatic nitrogens is 3. The zero-order chi connectivity index (χ0) is 24.2. The molecule has 8 nitrogen and oxygen atoms in total. The molecule has 176 valence electrons. The molecule has 0 saturated heterocycles. The normalized spacial score (nSPS) is 12.0. The number of nitrogens with one attached hydrogen (secondary N) is 2. The van der Waals surface area contributed by atoms with E-state index in [0.717, 1.165) is 27.9 Å². The number of anilines is 1. The van der Waals surface area contributed by atoms with Gasteiger partial charge in [0.15, 0.2) is 5.13 Å². The van der Waals surface area contributed by atoms with Crippen LogP contribution in [0.15, 0.2) is 58.7 Å². The average Bonchev–Trinajstić information content (AvgIpc) is 3.39. The molecular weight excluding hydrogens is 450 g/mol. The van der Waals surface area contributed by atoms with Crippen molar-refractivity contribution >= 4 is 39.3 Å². The maximum absolute atomic E-state index is 12.7. The third-order valence-electron chi connectivity index (χ3n) is 5.68. The van der Waals surface area contributed by atoms with Gasteiger partial charge in [-0.2, -0.15) is 0 Å². The predicted octanol–water partition coefficient (Wildman–Crippen LogP) is 4.17. The smallest absolute Gasteiger partial charge is 0.329 e. The topological polar surface area (TPSA) is 98.0 Å². The molecule has 34 heavy (non-hydrogen) atoms. The third kappa shape index (κ3) is 4.94. The second-order valence-corrected chi connectivity index (χ2v) is 8.91. The van der Waals surface area contributed by atoms with Crippen LogP contribution in [0, 0.1) is 0 Å². The molecule has 0 bridgehead atoms. The molecule has 0 saturated carbocycles. The number of fused-ring (bicyclic) bond motifs is 1. The molecule has 4 rings (SSSR count). The third-order valence-corrected chi connectivity index (χ3v) is 6.44. The van der Waals surface area contributed by atoms with E-state index < -0.39 is 0 Å². The lowest BCUT2D eigenvalue weighted by atomic mass is 10.1. The van der Waals surface area contributed by atoms with Gasteiger partial charge in [-0.25, -0.2) is 9.78 Å². The van der Waals surface area contributed by atoms with Gasteiger partial charge in [0.1, 0.15) is 0 Å². The number of hydrogen-bond donors (Lipinski definition) is 2. The Balaban J connectivity index is 1.40. The summed E-state index contributed by atoms with van der Waals surface area (Å²) in [7, 11) is 0. The van der Waals surface area contributed by atoms with Crippen LogP contribution in [-0.4, -0.2) is 25.9 Å². The summed E-state index contributed by atoms with van der Waals surface area (Å²) in [5.74, 6) is -0.266. The standard InChI is InChI=1S/C25H27N5O3S/c1-4-29-21-7-5-6-8-22(21)30(25(29)33)14-13-23(32)28-24-27-20(15-34-24)19-11-9-18(10-12-19)16(2)26-17(3)31/h5-12,15-16H,4,13-14H2,1-3H3,(H,26,31)(H,27,28,32). The minimum absolute atomic E-state index is 0.0718. The number of benzene rings is 2. The van der Waals surface area contributed by atoms with Crippen LogP contribution in [0.3, 0.4) is 0 Å². The average molecular weight is 478 g/mol. The Morgan fingerprint density at radius 1 is 1.06 bits per heavy atom. The van der Waals surface area contributed by atoms with Gasteiger partial charge >= 0.3 is 5.69 Å². The molecular formula is C25H27N5O3S. The summed E-state index contributed by atoms with van der Waals surface area (Å²) >= 11 is 1.35. The fourth-order valence-corrected chi connectivity index (χ4v) is 4.72. The fraction of sp³-hybridized carbons (Fsp3) is 0.280. The molecule has 4 aromatic rings. The van der Waals surface area contributed by atoms with Gasteiger partial charge in [0.05, 0.1) is 22.8 Å². The van der Waals surface area contributed by atoms with Crippen molar-refractivity contribution in [2.24, 2.45) is 0 Å². The van der Waals surface area contributed by atoms with Crippen molar-refractivity contribution in [1.82, 2.24) is 19.4 Å². The van der Waals surface area contributed by atoms with Crippen LogP contribution < -0.4 is 16.3 Å². The molecule has 9 heteroatoms. The number of imidazole rings is 1. The Hall–Kier alpha value is -3.72. The molecule has 0 fully saturated rings. The Morgan fingerprint density at radius 3 is 2.38 bits per heavy atom. The van der Waals surface area contributed by atoms with Gasteiger partial charge in [0, 0.05) is 37.4 Å². The van der Waals surface area contributed by atoms with E-state index in [-0.39, 0.29) is 30.0 Å². The molecule has 0 aliphatic heterocycles. The monoisotopic (exact) mass is 477 g/mol. The van der Waals surface area contributed by atoms with Gasteiger partial charge in [-0.15, -0.1) is 11.3 Å². The zero-order valence-corrected chi connectivity index (χ0v) is 20.2. The van der Waals surface area contributed by atoms with Crippen molar-refractivity contribution in [3.63, 3.8) is 0 Å². The quantitative estimate of drug-likeness (QED) is 0.398. The van der Waals surface area contributed by atoms with Gasteiger partial charge in [-0.3, -0.25) is 18.7 Å². The number of aryl methyl sites for hydroxylation is 2. The summed E-state index contributed by atoms with van der Waals surface area (Å²) in [5, 5.41) is 8.11. The van der Waals surface area contributed by atoms with Crippen LogP contribution in [-0.2, 0) is 22.7 Å². The van der Waals surface area contributed by atoms with Crippen LogP contribution in [0.4, 0.5) is 5.13 Å². The summed E-state index contributed by atoms with van der Waals surface area (Å²) in [6, 6.07) is 15.3. The number of rotatable bonds is 8. The highest BCUT2D eigenvalue weighted by Gasteiger charge is 2.14. The number of carbonyl (C=O) groups is 2. The van der Waals surface area contributed by atoms with E-state index in [4.69, 9.17) is 0 Å². The number of thiazole rings is 1. The second kappa shape index (κ2) is 10.0. The number of nitrogens with zero attached hydrogens (tertiary/aromatic N) is 3. The van der Waals surface area contributed by atoms with E-state index >= 15 is 0 Å². The Kier molecular flexibility index (Phi) is 6.93. The van der Waals surface area contributed by atoms with Gasteiger partial charge in [-0.1, -0.05) is 36.4 Å². The van der Waals surface area contributed by atoms with Crippen molar-refractivity contribution in [2.75, 3.05) is 5.32 Å². The van der Waals surface area contributed by atoms with Gasteiger partial charge < -0.3 is 10.6 Å². The van der Waals surface area contributed by atoms with E-state index in [9.17, 15) is 14.4 Å². The molecule has 2 amide bonds. The summed E-state index contributed by atoms with van der Waals surface area (Å²) in [4.78, 5) is 41.1. The highest BCUT2D eigenvalue weighted by molar-refractivity contribution is 7.14. The fourth-order valence-electron chi connectivity index (χ4n) is 3.98. The van der Waals surface area contributed by atoms with Crippen molar-refractivity contribution in [1.29, 1.82) is 0 Å². The van der Waals surface area contributed by atoms with Crippen LogP contribution in [0.1, 0.15) is 38.8 Å². The Morgan fingerprint density at radius 2 is 1.74 bits per heavy atom. The molecule has 2 N–H and O–H groups in total. The minimum Gasteiger partial charge on any atom is -0.350 e. The molecule has 0 radical (unpaired) electrons. The first kappa shape index (κ1) is 23.4. The lowest BCUT2D eigenvalue weighted by Gasteiger charge is -2.13. The summed E-state index contributed by atoms with van der Waals surface area (Å²) in [6.07, 6.45) is 0.169. The Bertz CT molecular complexity index is 1380. The summed E-state index contributed by atoms with van der Waals surface area (Å²) < 4.78 is 3.36. The Labute approximate surface area is 201 Å². The SMILES string of the molecule is CCn1c(=O)n(CCC(=O)Nc2nc(-c3ccc(C(C)NC(C)=O)cc3)cs2)c2ccccc21. The molecule has 0 aliphatic rings. The van der Waals surface area contributed by atoms with E-state index in [1.807, 2.05) is 67.8 Å². The van der Waals surface area contributed by atoms with E-state index in [2.05, 4.69) is 15.6 Å². The van der Waals surface area contributed by atoms with Crippen LogP contribution >= 0.6 is 11.3 Å². The lowest BCUT2D eigenvalue weighted by Crippen LogP contribution is -2.25. The van der Waals surface area contributed by atoms with Crippen LogP contribution in [0.2, 0.25) is 0 Å². The lowest BCUT2D eigenvalue weighted by molar-refractivity contribution is -0.119. The number of para-hydroxylation sites is 2. The largest absolute Gasteiger partial charge is 0.350 e. The van der Waals surface area contributed by atoms with Crippen LogP contribution in [0.5, 0.6) is 0 Å². The molecule has 0 aliphatic carbocycles. The van der Waals surface area contributed by atoms with Crippen molar-refractivity contribution in [3.05, 3.63) is 70.0 Å². The van der Waals surface area contributed by atoms with Crippen molar-refractivity contribution < 1.29 is 9.59 Å². The maximum atomic E-state index is 12.7. The predicted molar refractivity (Wildman–Crippen MR) is 135 cm³/mol. The minimum atomic E-state index is -0.194. The summed E-state index contributed by atoms with van der Waals surface area (Å²) in [5.41, 5.74) is 4.29. The maximum Gasteiger partial charge on any atom is 0.329 e. The molecule has 1 atom stereocenters. The second-order valence-electron chi connectivity index (χ2n) is 8.05. The zero-order valence-electron chi connectivity index (χ0n) is 19.4. The van der Waals surface area contributed by atoms with E-state index in [1.54, 1.807) is 9.13 Å². The van der Waals surface area contributed by atoms with Gasteiger partial charge in [0.25, 0.3) is 0 Å². The molecule has 2 aromatic heterocycles. The van der Waals surface area contributed by atoms with E-state index in [0.29, 0.717) is 18.2 Å². The van der Waals surface area contributed by atoms with Crippen molar-refractivity contribution in [2.45, 2.75) is 46.3 Å². The number of carbonyl (C=O) groups excluding carboxylic acids is 2. The summed E-state index contributed by atoms with van der Waals surface area (Å²) in [6.45, 7) is 6.23. The highest BCUT2D eigenvalue weighted by atomic mass is 32.1. The number of hydrogen-bond acceptors (Lipinski definition) is 5. The van der Waals surface area contributed by atoms with Gasteiger partial charge in [-0.05, 0) is 31.5 Å². The molecule has 0 spiro atoms. The first-order valence-corrected chi connectivity index (χ1v) is 12.1. The molecule has 2 heterocycles. The van der Waals surface area contributed by atoms with E-state index in [1.165, 1.54) is 18.3 Å². The van der Waals surface area contributed by atoms with Crippen LogP contribution in [0.25, 0.3) is 22.3 Å². The molecule has 1 unspecified atom stereocenters. The first-order chi connectivity index (χ1) is 16.4. The van der Waals surface area contributed by atoms with Crippen molar-refractivity contribution in [3.8, 4) is 11.3 Å². The highest BCUT2D eigenvalue weighted by Crippen LogP contribution is 2.26.